The first-order valence-corrected chi connectivity index (χ1v) is 9.26. The second-order valence-electron chi connectivity index (χ2n) is 6.61. The van der Waals surface area contributed by atoms with Gasteiger partial charge in [0, 0.05) is 5.92 Å². The number of allylic oxidation sites excluding steroid dienone is 2. The number of benzene rings is 2. The molecule has 0 aliphatic heterocycles. The number of carbonyl (C=O) groups is 2. The highest BCUT2D eigenvalue weighted by Gasteiger charge is 2.39. The van der Waals surface area contributed by atoms with Crippen molar-refractivity contribution in [2.75, 3.05) is 20.8 Å². The summed E-state index contributed by atoms with van der Waals surface area (Å²) in [6.45, 7) is 1.99. The van der Waals surface area contributed by atoms with Crippen LogP contribution in [0.2, 0.25) is 0 Å². The molecule has 0 spiro atoms. The van der Waals surface area contributed by atoms with Gasteiger partial charge in [0.05, 0.1) is 20.8 Å². The van der Waals surface area contributed by atoms with Crippen molar-refractivity contribution in [3.05, 3.63) is 65.7 Å². The molecule has 5 heteroatoms. The maximum atomic E-state index is 12.9. The van der Waals surface area contributed by atoms with Crippen LogP contribution in [0.1, 0.15) is 30.4 Å². The highest BCUT2D eigenvalue weighted by Crippen LogP contribution is 2.41. The van der Waals surface area contributed by atoms with Crippen LogP contribution in [0.15, 0.2) is 54.6 Å². The molecule has 1 aliphatic rings. The molecule has 28 heavy (non-hydrogen) atoms. The van der Waals surface area contributed by atoms with Crippen molar-refractivity contribution in [2.24, 2.45) is 5.92 Å². The zero-order chi connectivity index (χ0) is 20.1. The number of hydrogen-bond donors (Lipinski definition) is 0. The number of ether oxygens (including phenoxy) is 3. The topological polar surface area (TPSA) is 61.8 Å². The fraction of sp³-hybridized carbons (Fsp3) is 0.304. The van der Waals surface area contributed by atoms with Gasteiger partial charge in [0.1, 0.15) is 17.4 Å². The lowest BCUT2D eigenvalue weighted by atomic mass is 9.73. The minimum absolute atomic E-state index is 0.226. The van der Waals surface area contributed by atoms with E-state index in [9.17, 15) is 9.59 Å². The van der Waals surface area contributed by atoms with Gasteiger partial charge >= 0.3 is 5.97 Å². The number of carbonyl (C=O) groups excluding carboxylic acids is 2. The summed E-state index contributed by atoms with van der Waals surface area (Å²) in [5.74, 6) is -0.350. The van der Waals surface area contributed by atoms with Crippen molar-refractivity contribution in [3.8, 4) is 11.5 Å². The zero-order valence-corrected chi connectivity index (χ0v) is 16.3. The third kappa shape index (κ3) is 4.09. The van der Waals surface area contributed by atoms with Crippen LogP contribution in [-0.2, 0) is 14.3 Å². The van der Waals surface area contributed by atoms with E-state index in [1.807, 2.05) is 48.5 Å². The predicted octanol–water partition coefficient (Wildman–Crippen LogP) is 4.02. The average molecular weight is 380 g/mol. The molecule has 2 atom stereocenters. The number of esters is 1. The molecular formula is C23H24O5. The van der Waals surface area contributed by atoms with Crippen LogP contribution in [0.4, 0.5) is 0 Å². The van der Waals surface area contributed by atoms with Crippen molar-refractivity contribution in [1.82, 2.24) is 0 Å². The first-order chi connectivity index (χ1) is 13.6. The average Bonchev–Trinajstić information content (AvgIpc) is 2.73. The van der Waals surface area contributed by atoms with Crippen molar-refractivity contribution < 1.29 is 23.8 Å². The van der Waals surface area contributed by atoms with Crippen LogP contribution in [0.5, 0.6) is 11.5 Å². The second kappa shape index (κ2) is 8.74. The molecule has 3 rings (SSSR count). The smallest absolute Gasteiger partial charge is 0.317 e. The highest BCUT2D eigenvalue weighted by atomic mass is 16.5. The maximum absolute atomic E-state index is 12.9. The fourth-order valence-electron chi connectivity index (χ4n) is 3.55. The van der Waals surface area contributed by atoms with Gasteiger partial charge in [0.2, 0.25) is 0 Å². The van der Waals surface area contributed by atoms with Gasteiger partial charge in [0.15, 0.2) is 5.78 Å². The molecule has 0 bridgehead atoms. The maximum Gasteiger partial charge on any atom is 0.317 e. The minimum Gasteiger partial charge on any atom is -0.497 e. The first kappa shape index (κ1) is 19.7. The molecule has 2 aromatic rings. The van der Waals surface area contributed by atoms with Crippen molar-refractivity contribution in [1.29, 1.82) is 0 Å². The van der Waals surface area contributed by atoms with Crippen molar-refractivity contribution in [2.45, 2.75) is 19.3 Å². The van der Waals surface area contributed by atoms with Crippen LogP contribution >= 0.6 is 0 Å². The SMILES string of the molecule is CCOC(=O)[C@@H]1C(=O)C=C(c2ccc(OC)cc2)C[C@H]1c1ccc(OC)cc1. The minimum atomic E-state index is -0.838. The van der Waals surface area contributed by atoms with Crippen LogP contribution in [-0.4, -0.2) is 32.6 Å². The van der Waals surface area contributed by atoms with Crippen LogP contribution in [0.25, 0.3) is 5.57 Å². The quantitative estimate of drug-likeness (QED) is 0.559. The molecule has 0 saturated heterocycles. The molecule has 2 aromatic carbocycles. The van der Waals surface area contributed by atoms with E-state index < -0.39 is 11.9 Å². The van der Waals surface area contributed by atoms with E-state index in [1.54, 1.807) is 27.2 Å². The molecule has 0 fully saturated rings. The molecule has 146 valence electrons. The molecule has 0 saturated carbocycles. The summed E-state index contributed by atoms with van der Waals surface area (Å²) >= 11 is 0. The van der Waals surface area contributed by atoms with Gasteiger partial charge in [-0.2, -0.15) is 0 Å². The molecule has 0 radical (unpaired) electrons. The molecule has 0 aromatic heterocycles. The van der Waals surface area contributed by atoms with Gasteiger partial charge in [-0.25, -0.2) is 0 Å². The first-order valence-electron chi connectivity index (χ1n) is 9.26. The number of ketones is 1. The van der Waals surface area contributed by atoms with Gasteiger partial charge in [-0.3, -0.25) is 9.59 Å². The van der Waals surface area contributed by atoms with E-state index in [4.69, 9.17) is 14.2 Å². The summed E-state index contributed by atoms with van der Waals surface area (Å²) in [7, 11) is 3.22. The van der Waals surface area contributed by atoms with E-state index in [0.717, 1.165) is 28.2 Å². The van der Waals surface area contributed by atoms with Gasteiger partial charge in [-0.05, 0) is 60.4 Å². The Bertz CT molecular complexity index is 865. The molecule has 0 unspecified atom stereocenters. The summed E-state index contributed by atoms with van der Waals surface area (Å²) in [4.78, 5) is 25.4. The Morgan fingerprint density at radius 3 is 2.07 bits per heavy atom. The van der Waals surface area contributed by atoms with E-state index in [0.29, 0.717) is 6.42 Å². The highest BCUT2D eigenvalue weighted by molar-refractivity contribution is 6.10. The summed E-state index contributed by atoms with van der Waals surface area (Å²) in [5.41, 5.74) is 2.75. The van der Waals surface area contributed by atoms with Gasteiger partial charge < -0.3 is 14.2 Å². The summed E-state index contributed by atoms with van der Waals surface area (Å²) < 4.78 is 15.6. The lowest BCUT2D eigenvalue weighted by molar-refractivity contribution is -0.151. The van der Waals surface area contributed by atoms with E-state index >= 15 is 0 Å². The Hall–Kier alpha value is -3.08. The molecule has 1 aliphatic carbocycles. The Balaban J connectivity index is 1.98. The van der Waals surface area contributed by atoms with Gasteiger partial charge in [-0.15, -0.1) is 0 Å². The van der Waals surface area contributed by atoms with Crippen LogP contribution in [0.3, 0.4) is 0 Å². The molecule has 5 nitrogen and oxygen atoms in total. The normalized spacial score (nSPS) is 19.0. The van der Waals surface area contributed by atoms with E-state index in [1.165, 1.54) is 0 Å². The zero-order valence-electron chi connectivity index (χ0n) is 16.3. The molecule has 0 heterocycles. The van der Waals surface area contributed by atoms with Crippen LogP contribution < -0.4 is 9.47 Å². The summed E-state index contributed by atoms with van der Waals surface area (Å²) in [6.07, 6.45) is 2.14. The summed E-state index contributed by atoms with van der Waals surface area (Å²) in [5, 5.41) is 0. The Labute approximate surface area is 164 Å². The van der Waals surface area contributed by atoms with Crippen molar-refractivity contribution in [3.63, 3.8) is 0 Å². The predicted molar refractivity (Wildman–Crippen MR) is 106 cm³/mol. The standard InChI is InChI=1S/C23H24O5/c1-4-28-23(25)22-20(16-7-11-19(27-3)12-8-16)13-17(14-21(22)24)15-5-9-18(26-2)10-6-15/h5-12,14,20,22H,4,13H2,1-3H3/t20-,22-/m0/s1. The van der Waals surface area contributed by atoms with Crippen molar-refractivity contribution >= 4 is 17.3 Å². The Morgan fingerprint density at radius 1 is 0.964 bits per heavy atom. The monoisotopic (exact) mass is 380 g/mol. The van der Waals surface area contributed by atoms with E-state index in [2.05, 4.69) is 0 Å². The Kier molecular flexibility index (Phi) is 6.14. The number of hydrogen-bond acceptors (Lipinski definition) is 5. The van der Waals surface area contributed by atoms with Crippen LogP contribution in [0, 0.1) is 5.92 Å². The molecule has 0 N–H and O–H groups in total. The molecular weight excluding hydrogens is 356 g/mol. The third-order valence-corrected chi connectivity index (χ3v) is 5.01. The largest absolute Gasteiger partial charge is 0.497 e. The third-order valence-electron chi connectivity index (χ3n) is 5.01. The second-order valence-corrected chi connectivity index (χ2v) is 6.61. The Morgan fingerprint density at radius 2 is 1.54 bits per heavy atom. The lowest BCUT2D eigenvalue weighted by Gasteiger charge is -2.29. The van der Waals surface area contributed by atoms with Gasteiger partial charge in [-0.1, -0.05) is 24.3 Å². The molecule has 0 amide bonds. The fourth-order valence-corrected chi connectivity index (χ4v) is 3.55. The number of rotatable bonds is 6. The number of methoxy groups -OCH3 is 2. The lowest BCUT2D eigenvalue weighted by Crippen LogP contribution is -2.34. The van der Waals surface area contributed by atoms with E-state index in [-0.39, 0.29) is 18.3 Å². The summed E-state index contributed by atoms with van der Waals surface area (Å²) in [6, 6.07) is 15.1. The van der Waals surface area contributed by atoms with Gasteiger partial charge in [0.25, 0.3) is 0 Å².